The van der Waals surface area contributed by atoms with E-state index in [9.17, 15) is 9.59 Å². The van der Waals surface area contributed by atoms with Gasteiger partial charge in [-0.25, -0.2) is 4.79 Å². The van der Waals surface area contributed by atoms with E-state index in [-0.39, 0.29) is 18.0 Å². The van der Waals surface area contributed by atoms with Gasteiger partial charge in [-0.1, -0.05) is 33.1 Å². The molecule has 1 aromatic carbocycles. The molecule has 1 N–H and O–H groups in total. The van der Waals surface area contributed by atoms with Crippen molar-refractivity contribution in [1.82, 2.24) is 0 Å². The molecule has 1 amide bonds. The Hall–Kier alpha value is -2.30. The van der Waals surface area contributed by atoms with Crippen molar-refractivity contribution < 1.29 is 19.1 Å². The Balaban J connectivity index is 2.77. The number of anilines is 1. The van der Waals surface area contributed by atoms with Gasteiger partial charge in [0, 0.05) is 19.1 Å². The summed E-state index contributed by atoms with van der Waals surface area (Å²) in [7, 11) is 0. The highest BCUT2D eigenvalue weighted by atomic mass is 16.5. The first-order valence-corrected chi connectivity index (χ1v) is 9.78. The van der Waals surface area contributed by atoms with Crippen LogP contribution in [-0.2, 0) is 14.3 Å². The topological polar surface area (TPSA) is 64.6 Å². The first-order chi connectivity index (χ1) is 12.8. The summed E-state index contributed by atoms with van der Waals surface area (Å²) in [6.07, 6.45) is 7.46. The molecule has 0 bridgehead atoms. The maximum absolute atomic E-state index is 12.0. The second kappa shape index (κ2) is 12.2. The lowest BCUT2D eigenvalue weighted by molar-refractivity contribution is -0.139. The van der Waals surface area contributed by atoms with Crippen molar-refractivity contribution in [1.29, 1.82) is 0 Å². The minimum absolute atomic E-state index is 0.0331. The summed E-state index contributed by atoms with van der Waals surface area (Å²) in [5.74, 6) is 0.511. The Morgan fingerprint density at radius 1 is 1.22 bits per heavy atom. The summed E-state index contributed by atoms with van der Waals surface area (Å²) in [5.41, 5.74) is 1.32. The molecule has 1 aromatic rings. The highest BCUT2D eigenvalue weighted by Gasteiger charge is 2.09. The zero-order valence-electron chi connectivity index (χ0n) is 17.2. The van der Waals surface area contributed by atoms with Gasteiger partial charge in [0.15, 0.2) is 0 Å². The molecule has 0 aliphatic rings. The number of unbranched alkanes of at least 4 members (excludes halogenated alkanes) is 1. The molecule has 1 atom stereocenters. The quantitative estimate of drug-likeness (QED) is 0.426. The van der Waals surface area contributed by atoms with Crippen molar-refractivity contribution in [3.63, 3.8) is 0 Å². The van der Waals surface area contributed by atoms with Crippen LogP contribution in [0.3, 0.4) is 0 Å². The van der Waals surface area contributed by atoms with E-state index < -0.39 is 0 Å². The van der Waals surface area contributed by atoms with Crippen LogP contribution < -0.4 is 10.1 Å². The van der Waals surface area contributed by atoms with E-state index in [2.05, 4.69) is 19.2 Å². The molecule has 1 unspecified atom stereocenters. The van der Waals surface area contributed by atoms with Crippen LogP contribution >= 0.6 is 0 Å². The van der Waals surface area contributed by atoms with E-state index in [1.54, 1.807) is 12.1 Å². The molecule has 0 saturated heterocycles. The van der Waals surface area contributed by atoms with Gasteiger partial charge in [-0.15, -0.1) is 0 Å². The fraction of sp³-hybridized carbons (Fsp3) is 0.545. The number of amides is 1. The van der Waals surface area contributed by atoms with Crippen LogP contribution in [0, 0.1) is 5.92 Å². The molecule has 0 heterocycles. The Bertz CT molecular complexity index is 637. The molecule has 1 rings (SSSR count). The first-order valence-electron chi connectivity index (χ1n) is 9.78. The van der Waals surface area contributed by atoms with Gasteiger partial charge in [-0.2, -0.15) is 0 Å². The normalized spacial score (nSPS) is 12.2. The number of hydrogen-bond donors (Lipinski definition) is 1. The average molecular weight is 376 g/mol. The summed E-state index contributed by atoms with van der Waals surface area (Å²) in [6, 6.07) is 5.38. The van der Waals surface area contributed by atoms with Crippen LogP contribution in [0.1, 0.15) is 65.9 Å². The number of nitrogens with one attached hydrogen (secondary N) is 1. The number of carbonyl (C=O) groups is 2. The highest BCUT2D eigenvalue weighted by Crippen LogP contribution is 2.25. The van der Waals surface area contributed by atoms with Crippen molar-refractivity contribution in [3.8, 4) is 5.75 Å². The van der Waals surface area contributed by atoms with Crippen molar-refractivity contribution in [2.45, 2.75) is 66.4 Å². The number of esters is 1. The highest BCUT2D eigenvalue weighted by molar-refractivity contribution is 5.93. The zero-order valence-corrected chi connectivity index (χ0v) is 17.2. The smallest absolute Gasteiger partial charge is 0.330 e. The Morgan fingerprint density at radius 3 is 2.56 bits per heavy atom. The minimum atomic E-state index is -0.374. The fourth-order valence-corrected chi connectivity index (χ4v) is 2.63. The van der Waals surface area contributed by atoms with Gasteiger partial charge in [0.05, 0.1) is 18.4 Å². The molecule has 5 nitrogen and oxygen atoms in total. The van der Waals surface area contributed by atoms with Crippen molar-refractivity contribution >= 4 is 23.6 Å². The van der Waals surface area contributed by atoms with Gasteiger partial charge in [-0.05, 0) is 50.0 Å². The van der Waals surface area contributed by atoms with Crippen LogP contribution in [0.5, 0.6) is 5.75 Å². The molecular formula is C22H33NO4. The van der Waals surface area contributed by atoms with Gasteiger partial charge in [0.2, 0.25) is 5.91 Å². The summed E-state index contributed by atoms with van der Waals surface area (Å²) in [6.45, 7) is 10.0. The summed E-state index contributed by atoms with van der Waals surface area (Å²) >= 11 is 0. The fourth-order valence-electron chi connectivity index (χ4n) is 2.63. The number of benzene rings is 1. The number of rotatable bonds is 11. The van der Waals surface area contributed by atoms with Gasteiger partial charge in [0.1, 0.15) is 5.75 Å². The third kappa shape index (κ3) is 9.27. The molecular weight excluding hydrogens is 342 g/mol. The third-order valence-electron chi connectivity index (χ3n) is 4.11. The lowest BCUT2D eigenvalue weighted by Gasteiger charge is -2.14. The monoisotopic (exact) mass is 375 g/mol. The largest absolute Gasteiger partial charge is 0.491 e. The second-order valence-corrected chi connectivity index (χ2v) is 6.98. The number of hydrogen-bond acceptors (Lipinski definition) is 4. The third-order valence-corrected chi connectivity index (χ3v) is 4.11. The lowest BCUT2D eigenvalue weighted by atomic mass is 10.0. The van der Waals surface area contributed by atoms with Crippen molar-refractivity contribution in [3.05, 3.63) is 29.8 Å². The van der Waals surface area contributed by atoms with Gasteiger partial charge in [0.25, 0.3) is 0 Å². The molecule has 0 radical (unpaired) electrons. The predicted octanol–water partition coefficient (Wildman–Crippen LogP) is 5.21. The molecule has 0 fully saturated rings. The molecule has 0 aliphatic carbocycles. The Labute approximate surface area is 163 Å². The van der Waals surface area contributed by atoms with Crippen LogP contribution in [0.2, 0.25) is 0 Å². The molecule has 5 heteroatoms. The molecule has 27 heavy (non-hydrogen) atoms. The van der Waals surface area contributed by atoms with Crippen molar-refractivity contribution in [2.75, 3.05) is 11.9 Å². The van der Waals surface area contributed by atoms with E-state index in [1.165, 1.54) is 13.0 Å². The minimum Gasteiger partial charge on any atom is -0.491 e. The number of carbonyl (C=O) groups excluding carboxylic acids is 2. The Morgan fingerprint density at radius 2 is 1.96 bits per heavy atom. The van der Waals surface area contributed by atoms with Crippen LogP contribution in [0.4, 0.5) is 5.69 Å². The first kappa shape index (κ1) is 22.7. The van der Waals surface area contributed by atoms with Gasteiger partial charge >= 0.3 is 5.97 Å². The number of ether oxygens (including phenoxy) is 2. The summed E-state index contributed by atoms with van der Waals surface area (Å²) in [4.78, 5) is 23.5. The van der Waals surface area contributed by atoms with E-state index in [4.69, 9.17) is 9.47 Å². The van der Waals surface area contributed by atoms with Crippen LogP contribution in [0.25, 0.3) is 6.08 Å². The van der Waals surface area contributed by atoms with Crippen LogP contribution in [-0.4, -0.2) is 24.6 Å². The van der Waals surface area contributed by atoms with Gasteiger partial charge in [-0.3, -0.25) is 4.79 Å². The molecule has 0 spiro atoms. The van der Waals surface area contributed by atoms with Crippen LogP contribution in [0.15, 0.2) is 24.3 Å². The second-order valence-electron chi connectivity index (χ2n) is 6.98. The van der Waals surface area contributed by atoms with E-state index in [1.807, 2.05) is 26.0 Å². The van der Waals surface area contributed by atoms with E-state index in [0.29, 0.717) is 24.0 Å². The summed E-state index contributed by atoms with van der Waals surface area (Å²) in [5, 5.41) is 2.77. The summed E-state index contributed by atoms with van der Waals surface area (Å²) < 4.78 is 11.0. The van der Waals surface area contributed by atoms with E-state index in [0.717, 1.165) is 31.2 Å². The van der Waals surface area contributed by atoms with Crippen molar-refractivity contribution in [2.24, 2.45) is 5.92 Å². The molecule has 0 aliphatic heterocycles. The zero-order chi connectivity index (χ0) is 20.2. The average Bonchev–Trinajstić information content (AvgIpc) is 2.60. The maximum Gasteiger partial charge on any atom is 0.330 e. The predicted molar refractivity (Wildman–Crippen MR) is 110 cm³/mol. The lowest BCUT2D eigenvalue weighted by Crippen LogP contribution is -2.12. The molecule has 0 saturated carbocycles. The maximum atomic E-state index is 12.0. The SMILES string of the molecule is CCCCC(CC)COC(=O)/C=C/c1ccc(OC(C)C)cc1NC(C)=O. The Kier molecular flexibility index (Phi) is 10.2. The van der Waals surface area contributed by atoms with Gasteiger partial charge < -0.3 is 14.8 Å². The molecule has 0 aromatic heterocycles. The van der Waals surface area contributed by atoms with E-state index >= 15 is 0 Å². The standard InChI is InChI=1S/C22H33NO4/c1-6-8-9-18(7-2)15-26-22(25)13-11-19-10-12-20(27-16(3)4)14-21(19)23-17(5)24/h10-14,16,18H,6-9,15H2,1-5H3,(H,23,24)/b13-11+. The molecule has 150 valence electrons.